The van der Waals surface area contributed by atoms with Gasteiger partial charge in [-0.2, -0.15) is 4.91 Å². The number of esters is 1. The van der Waals surface area contributed by atoms with Crippen LogP contribution in [0.3, 0.4) is 0 Å². The van der Waals surface area contributed by atoms with E-state index in [4.69, 9.17) is 4.74 Å². The summed E-state index contributed by atoms with van der Waals surface area (Å²) in [5, 5.41) is 25.2. The number of fused-ring (bicyclic) bond motifs is 5. The predicted molar refractivity (Wildman–Crippen MR) is 99.6 cm³/mol. The molecule has 3 saturated carbocycles. The monoisotopic (exact) mass is 377 g/mol. The van der Waals surface area contributed by atoms with Crippen molar-refractivity contribution in [2.45, 2.75) is 83.6 Å². The van der Waals surface area contributed by atoms with Crippen molar-refractivity contribution in [1.29, 1.82) is 0 Å². The van der Waals surface area contributed by atoms with Gasteiger partial charge >= 0.3 is 5.97 Å². The number of nitroso groups, excluding NO2 is 1. The molecule has 4 aliphatic carbocycles. The van der Waals surface area contributed by atoms with Gasteiger partial charge in [0.25, 0.3) is 0 Å². The molecule has 27 heavy (non-hydrogen) atoms. The SMILES string of the molecule is CC(=O)O[C@H]1CC[C@@]2(C)C(=C[C@H](O)C3C2C(N=O)C[C@@]2(C)C3CC[C@@H]2O)C1. The summed E-state index contributed by atoms with van der Waals surface area (Å²) in [6.07, 6.45) is 5.13. The molecule has 0 amide bonds. The Morgan fingerprint density at radius 2 is 2.00 bits per heavy atom. The smallest absolute Gasteiger partial charge is 0.302 e. The second-order valence-electron chi connectivity index (χ2n) is 9.76. The van der Waals surface area contributed by atoms with Gasteiger partial charge in [0, 0.05) is 13.3 Å². The second kappa shape index (κ2) is 6.38. The van der Waals surface area contributed by atoms with Crippen molar-refractivity contribution in [2.24, 2.45) is 33.8 Å². The van der Waals surface area contributed by atoms with Crippen molar-refractivity contribution in [3.63, 3.8) is 0 Å². The zero-order chi connectivity index (χ0) is 19.6. The molecule has 0 heterocycles. The van der Waals surface area contributed by atoms with Crippen molar-refractivity contribution in [3.05, 3.63) is 16.6 Å². The highest BCUT2D eigenvalue weighted by Crippen LogP contribution is 2.65. The number of ether oxygens (including phenoxy) is 1. The maximum Gasteiger partial charge on any atom is 0.302 e. The number of hydrogen-bond acceptors (Lipinski definition) is 6. The van der Waals surface area contributed by atoms with Crippen molar-refractivity contribution in [1.82, 2.24) is 0 Å². The van der Waals surface area contributed by atoms with Gasteiger partial charge in [0.1, 0.15) is 6.10 Å². The number of carbonyl (C=O) groups excluding carboxylic acids is 1. The van der Waals surface area contributed by atoms with Crippen LogP contribution in [0.1, 0.15) is 59.3 Å². The van der Waals surface area contributed by atoms with Crippen LogP contribution in [-0.2, 0) is 9.53 Å². The van der Waals surface area contributed by atoms with Crippen LogP contribution in [0.25, 0.3) is 0 Å². The van der Waals surface area contributed by atoms with E-state index >= 15 is 0 Å². The van der Waals surface area contributed by atoms with Gasteiger partial charge < -0.3 is 14.9 Å². The molecule has 0 aliphatic heterocycles. The van der Waals surface area contributed by atoms with E-state index in [-0.39, 0.29) is 40.7 Å². The quantitative estimate of drug-likeness (QED) is 0.438. The average molecular weight is 377 g/mol. The fourth-order valence-corrected chi connectivity index (χ4v) is 7.14. The molecule has 4 unspecified atom stereocenters. The average Bonchev–Trinajstić information content (AvgIpc) is 2.90. The first-order valence-corrected chi connectivity index (χ1v) is 10.3. The van der Waals surface area contributed by atoms with E-state index in [1.54, 1.807) is 0 Å². The van der Waals surface area contributed by atoms with Crippen LogP contribution in [0, 0.1) is 33.5 Å². The molecule has 6 nitrogen and oxygen atoms in total. The van der Waals surface area contributed by atoms with Crippen LogP contribution in [0.5, 0.6) is 0 Å². The Morgan fingerprint density at radius 1 is 1.26 bits per heavy atom. The van der Waals surface area contributed by atoms with Gasteiger partial charge in [0.2, 0.25) is 0 Å². The Bertz CT molecular complexity index is 677. The third-order valence-electron chi connectivity index (χ3n) is 8.44. The van der Waals surface area contributed by atoms with Crippen LogP contribution in [0.2, 0.25) is 0 Å². The summed E-state index contributed by atoms with van der Waals surface area (Å²) in [5.74, 6) is -0.153. The summed E-state index contributed by atoms with van der Waals surface area (Å²) in [4.78, 5) is 23.2. The largest absolute Gasteiger partial charge is 0.462 e. The van der Waals surface area contributed by atoms with E-state index in [1.165, 1.54) is 6.92 Å². The Morgan fingerprint density at radius 3 is 2.67 bits per heavy atom. The summed E-state index contributed by atoms with van der Waals surface area (Å²) in [6.45, 7) is 5.68. The summed E-state index contributed by atoms with van der Waals surface area (Å²) in [6, 6.07) is -0.405. The van der Waals surface area contributed by atoms with Crippen molar-refractivity contribution in [2.75, 3.05) is 0 Å². The van der Waals surface area contributed by atoms with E-state index in [0.29, 0.717) is 12.8 Å². The number of aliphatic hydroxyl groups excluding tert-OH is 2. The molecule has 9 atom stereocenters. The highest BCUT2D eigenvalue weighted by Gasteiger charge is 2.64. The third kappa shape index (κ3) is 2.70. The van der Waals surface area contributed by atoms with Gasteiger partial charge in [-0.05, 0) is 60.7 Å². The minimum atomic E-state index is -0.645. The maximum atomic E-state index is 11.9. The number of rotatable bonds is 2. The second-order valence-corrected chi connectivity index (χ2v) is 9.76. The van der Waals surface area contributed by atoms with E-state index in [0.717, 1.165) is 31.3 Å². The molecule has 0 aromatic heterocycles. The van der Waals surface area contributed by atoms with E-state index in [2.05, 4.69) is 19.0 Å². The highest BCUT2D eigenvalue weighted by molar-refractivity contribution is 5.66. The molecule has 4 aliphatic rings. The first kappa shape index (κ1) is 19.1. The van der Waals surface area contributed by atoms with Crippen molar-refractivity contribution >= 4 is 5.97 Å². The number of nitrogens with zero attached hydrogens (tertiary/aromatic N) is 1. The molecule has 150 valence electrons. The summed E-state index contributed by atoms with van der Waals surface area (Å²) >= 11 is 0. The third-order valence-corrected chi connectivity index (χ3v) is 8.44. The van der Waals surface area contributed by atoms with E-state index < -0.39 is 18.2 Å². The number of aliphatic hydroxyl groups is 2. The summed E-state index contributed by atoms with van der Waals surface area (Å²) in [5.41, 5.74) is 0.537. The van der Waals surface area contributed by atoms with Crippen molar-refractivity contribution in [3.8, 4) is 0 Å². The molecular weight excluding hydrogens is 346 g/mol. The zero-order valence-electron chi connectivity index (χ0n) is 16.4. The molecule has 3 fully saturated rings. The van der Waals surface area contributed by atoms with E-state index in [1.807, 2.05) is 6.08 Å². The van der Waals surface area contributed by atoms with Crippen molar-refractivity contribution < 1.29 is 19.7 Å². The van der Waals surface area contributed by atoms with Crippen LogP contribution < -0.4 is 0 Å². The van der Waals surface area contributed by atoms with Gasteiger partial charge in [0.15, 0.2) is 0 Å². The maximum absolute atomic E-state index is 11.9. The van der Waals surface area contributed by atoms with Crippen LogP contribution in [-0.4, -0.2) is 40.5 Å². The predicted octanol–water partition coefficient (Wildman–Crippen LogP) is 2.96. The number of hydrogen-bond donors (Lipinski definition) is 2. The molecule has 6 heteroatoms. The lowest BCUT2D eigenvalue weighted by Crippen LogP contribution is -2.59. The lowest BCUT2D eigenvalue weighted by Gasteiger charge is -2.60. The Labute approximate surface area is 160 Å². The fraction of sp³-hybridized carbons (Fsp3) is 0.857. The Hall–Kier alpha value is -1.27. The molecule has 0 aromatic rings. The first-order valence-electron chi connectivity index (χ1n) is 10.3. The fourth-order valence-electron chi connectivity index (χ4n) is 7.14. The Kier molecular flexibility index (Phi) is 4.50. The molecule has 0 aromatic carbocycles. The lowest BCUT2D eigenvalue weighted by atomic mass is 9.46. The van der Waals surface area contributed by atoms with Crippen LogP contribution >= 0.6 is 0 Å². The zero-order valence-corrected chi connectivity index (χ0v) is 16.4. The van der Waals surface area contributed by atoms with Crippen LogP contribution in [0.4, 0.5) is 0 Å². The molecule has 0 bridgehead atoms. The van der Waals surface area contributed by atoms with Gasteiger partial charge in [-0.25, -0.2) is 0 Å². The number of carbonyl (C=O) groups is 1. The summed E-state index contributed by atoms with van der Waals surface area (Å²) in [7, 11) is 0. The van der Waals surface area contributed by atoms with E-state index in [9.17, 15) is 19.9 Å². The Balaban J connectivity index is 1.72. The summed E-state index contributed by atoms with van der Waals surface area (Å²) < 4.78 is 5.43. The molecule has 0 saturated heterocycles. The lowest BCUT2D eigenvalue weighted by molar-refractivity contribution is -0.150. The molecule has 0 radical (unpaired) electrons. The van der Waals surface area contributed by atoms with Gasteiger partial charge in [-0.15, -0.1) is 0 Å². The minimum Gasteiger partial charge on any atom is -0.462 e. The highest BCUT2D eigenvalue weighted by atomic mass is 16.5. The molecule has 0 spiro atoms. The molecule has 4 rings (SSSR count). The van der Waals surface area contributed by atoms with Crippen LogP contribution in [0.15, 0.2) is 16.8 Å². The minimum absolute atomic E-state index is 0.0216. The topological polar surface area (TPSA) is 96.2 Å². The van der Waals surface area contributed by atoms with Gasteiger partial charge in [0.05, 0.1) is 18.2 Å². The van der Waals surface area contributed by atoms with Gasteiger partial charge in [-0.1, -0.05) is 30.7 Å². The standard InChI is InChI=1S/C21H31NO5/c1-11(23)27-13-6-7-20(2)12(8-13)9-16(24)18-14-4-5-17(25)21(14,3)10-15(22-26)19(18)20/h9,13-19,24-25H,4-8,10H2,1-3H3/t13-,14?,15?,16-,17-,18?,19?,20-,21-/m0/s1. The normalized spacial score (nSPS) is 51.4. The molecular formula is C21H31NO5. The first-order chi connectivity index (χ1) is 12.7. The van der Waals surface area contributed by atoms with Gasteiger partial charge in [-0.3, -0.25) is 4.79 Å². The molecule has 2 N–H and O–H groups in total.